The lowest BCUT2D eigenvalue weighted by Crippen LogP contribution is -2.47. The molecule has 2 rings (SSSR count). The van der Waals surface area contributed by atoms with Crippen LogP contribution in [0.3, 0.4) is 0 Å². The van der Waals surface area contributed by atoms with Crippen molar-refractivity contribution in [3.8, 4) is 0 Å². The Labute approximate surface area is 118 Å². The van der Waals surface area contributed by atoms with Crippen molar-refractivity contribution >= 4 is 33.6 Å². The topological polar surface area (TPSA) is 54.5 Å². The number of aldehydes is 1. The Morgan fingerprint density at radius 3 is 2.79 bits per heavy atom. The first-order valence-corrected chi connectivity index (χ1v) is 9.13. The van der Waals surface area contributed by atoms with Gasteiger partial charge in [0.15, 0.2) is 16.1 Å². The largest absolute Gasteiger partial charge is 0.353 e. The third-order valence-electron chi connectivity index (χ3n) is 3.20. The number of carbonyl (C=O) groups excluding carboxylic acids is 1. The lowest BCUT2D eigenvalue weighted by Gasteiger charge is -2.36. The van der Waals surface area contributed by atoms with Gasteiger partial charge in [0.25, 0.3) is 0 Å². The highest BCUT2D eigenvalue weighted by atomic mass is 32.2. The number of hydrogen-bond donors (Lipinski definition) is 0. The molecule has 1 aliphatic heterocycles. The molecule has 0 N–H and O–H groups in total. The van der Waals surface area contributed by atoms with Crippen LogP contribution >= 0.6 is 11.8 Å². The fraction of sp³-hybridized carbons (Fsp3) is 0.462. The number of benzene rings is 1. The monoisotopic (exact) mass is 299 g/mol. The maximum absolute atomic E-state index is 11.9. The molecule has 0 amide bonds. The summed E-state index contributed by atoms with van der Waals surface area (Å²) in [4.78, 5) is 13.0. The molecule has 0 aromatic heterocycles. The second kappa shape index (κ2) is 5.54. The second-order valence-corrected chi connectivity index (χ2v) is 8.09. The minimum absolute atomic E-state index is 0.547. The summed E-state index contributed by atoms with van der Waals surface area (Å²) in [6, 6.07) is 5.54. The first-order chi connectivity index (χ1) is 8.93. The van der Waals surface area contributed by atoms with Crippen LogP contribution in [0.2, 0.25) is 0 Å². The van der Waals surface area contributed by atoms with Crippen LogP contribution in [0.4, 0.5) is 5.69 Å². The molecule has 0 saturated carbocycles. The van der Waals surface area contributed by atoms with Gasteiger partial charge in [0, 0.05) is 35.6 Å². The molecule has 1 fully saturated rings. The predicted molar refractivity (Wildman–Crippen MR) is 79.9 cm³/mol. The summed E-state index contributed by atoms with van der Waals surface area (Å²) in [6.07, 6.45) is 2.05. The Morgan fingerprint density at radius 1 is 1.42 bits per heavy atom. The number of hydrogen-bond acceptors (Lipinski definition) is 5. The van der Waals surface area contributed by atoms with Crippen molar-refractivity contribution in [2.45, 2.75) is 12.3 Å². The van der Waals surface area contributed by atoms with E-state index in [0.29, 0.717) is 17.9 Å². The average Bonchev–Trinajstić information content (AvgIpc) is 2.37. The predicted octanol–water partition coefficient (Wildman–Crippen LogP) is 1.73. The second-order valence-electron chi connectivity index (χ2n) is 4.73. The maximum atomic E-state index is 11.9. The standard InChI is InChI=1S/C13H17NO3S2/c1-10-3-4-12(11(7-10)8-15)14-5-6-18-9-13(14)19(2,16)17/h3-4,7-8,13H,5-6,9H2,1-2H3. The van der Waals surface area contributed by atoms with Gasteiger partial charge in [-0.05, 0) is 19.1 Å². The first kappa shape index (κ1) is 14.4. The molecule has 0 radical (unpaired) electrons. The number of aryl methyl sites for hydroxylation is 1. The van der Waals surface area contributed by atoms with Gasteiger partial charge in [-0.3, -0.25) is 4.79 Å². The molecule has 1 aromatic rings. The van der Waals surface area contributed by atoms with Gasteiger partial charge in [-0.15, -0.1) is 0 Å². The van der Waals surface area contributed by atoms with Crippen LogP contribution in [0, 0.1) is 6.92 Å². The maximum Gasteiger partial charge on any atom is 0.169 e. The summed E-state index contributed by atoms with van der Waals surface area (Å²) >= 11 is 1.64. The van der Waals surface area contributed by atoms with Crippen LogP contribution in [0.15, 0.2) is 18.2 Å². The molecule has 1 unspecified atom stereocenters. The van der Waals surface area contributed by atoms with Gasteiger partial charge in [-0.1, -0.05) is 11.6 Å². The van der Waals surface area contributed by atoms with E-state index in [2.05, 4.69) is 0 Å². The summed E-state index contributed by atoms with van der Waals surface area (Å²) in [7, 11) is -3.17. The summed E-state index contributed by atoms with van der Waals surface area (Å²) < 4.78 is 23.8. The van der Waals surface area contributed by atoms with Crippen molar-refractivity contribution in [3.05, 3.63) is 29.3 Å². The van der Waals surface area contributed by atoms with Gasteiger partial charge in [0.05, 0.1) is 0 Å². The molecule has 0 spiro atoms. The van der Waals surface area contributed by atoms with E-state index in [1.807, 2.05) is 24.0 Å². The molecule has 0 bridgehead atoms. The number of rotatable bonds is 3. The Balaban J connectivity index is 2.46. The minimum atomic E-state index is -3.17. The van der Waals surface area contributed by atoms with E-state index in [4.69, 9.17) is 0 Å². The zero-order chi connectivity index (χ0) is 14.0. The summed E-state index contributed by atoms with van der Waals surface area (Å²) in [5.74, 6) is 1.42. The normalized spacial score (nSPS) is 20.3. The van der Waals surface area contributed by atoms with Crippen molar-refractivity contribution in [2.75, 3.05) is 29.2 Å². The van der Waals surface area contributed by atoms with Crippen LogP contribution in [-0.4, -0.2) is 44.4 Å². The third kappa shape index (κ3) is 3.12. The third-order valence-corrected chi connectivity index (χ3v) is 5.84. The van der Waals surface area contributed by atoms with Crippen LogP contribution in [-0.2, 0) is 9.84 Å². The number of sulfone groups is 1. The van der Waals surface area contributed by atoms with Gasteiger partial charge in [-0.2, -0.15) is 11.8 Å². The fourth-order valence-electron chi connectivity index (χ4n) is 2.24. The average molecular weight is 299 g/mol. The zero-order valence-corrected chi connectivity index (χ0v) is 12.6. The molecule has 4 nitrogen and oxygen atoms in total. The van der Waals surface area contributed by atoms with E-state index in [0.717, 1.165) is 23.3 Å². The van der Waals surface area contributed by atoms with Crippen molar-refractivity contribution in [1.29, 1.82) is 0 Å². The van der Waals surface area contributed by atoms with Gasteiger partial charge >= 0.3 is 0 Å². The van der Waals surface area contributed by atoms with Crippen LogP contribution in [0.1, 0.15) is 15.9 Å². The zero-order valence-electron chi connectivity index (χ0n) is 11.0. The lowest BCUT2D eigenvalue weighted by atomic mass is 10.1. The van der Waals surface area contributed by atoms with Crippen LogP contribution in [0.5, 0.6) is 0 Å². The number of nitrogens with zero attached hydrogens (tertiary/aromatic N) is 1. The van der Waals surface area contributed by atoms with E-state index in [1.165, 1.54) is 6.26 Å². The molecule has 19 heavy (non-hydrogen) atoms. The first-order valence-electron chi connectivity index (χ1n) is 6.02. The molecule has 0 aliphatic carbocycles. The van der Waals surface area contributed by atoms with Crippen LogP contribution < -0.4 is 4.90 Å². The fourth-order valence-corrected chi connectivity index (χ4v) is 5.07. The van der Waals surface area contributed by atoms with Crippen molar-refractivity contribution in [1.82, 2.24) is 0 Å². The summed E-state index contributed by atoms with van der Waals surface area (Å²) in [5, 5.41) is -0.548. The van der Waals surface area contributed by atoms with Gasteiger partial charge in [0.1, 0.15) is 5.37 Å². The molecule has 1 saturated heterocycles. The van der Waals surface area contributed by atoms with Gasteiger partial charge < -0.3 is 4.90 Å². The van der Waals surface area contributed by atoms with E-state index < -0.39 is 15.2 Å². The lowest BCUT2D eigenvalue weighted by molar-refractivity contribution is 0.112. The number of thioether (sulfide) groups is 1. The van der Waals surface area contributed by atoms with Crippen molar-refractivity contribution < 1.29 is 13.2 Å². The molecule has 1 atom stereocenters. The summed E-state index contributed by atoms with van der Waals surface area (Å²) in [5.41, 5.74) is 2.27. The molecule has 1 aliphatic rings. The Bertz CT molecular complexity index is 584. The highest BCUT2D eigenvalue weighted by Crippen LogP contribution is 2.29. The highest BCUT2D eigenvalue weighted by Gasteiger charge is 2.32. The smallest absolute Gasteiger partial charge is 0.169 e. The molecule has 1 heterocycles. The molecule has 6 heteroatoms. The molecule has 1 aromatic carbocycles. The Kier molecular flexibility index (Phi) is 4.20. The summed E-state index contributed by atoms with van der Waals surface area (Å²) in [6.45, 7) is 2.56. The van der Waals surface area contributed by atoms with Crippen molar-refractivity contribution in [2.24, 2.45) is 0 Å². The SMILES string of the molecule is Cc1ccc(N2CCSCC2S(C)(=O)=O)c(C=O)c1. The quantitative estimate of drug-likeness (QED) is 0.796. The van der Waals surface area contributed by atoms with E-state index in [-0.39, 0.29) is 0 Å². The van der Waals surface area contributed by atoms with Gasteiger partial charge in [0.2, 0.25) is 0 Å². The van der Waals surface area contributed by atoms with Gasteiger partial charge in [-0.25, -0.2) is 8.42 Å². The Morgan fingerprint density at radius 2 is 2.16 bits per heavy atom. The molecular weight excluding hydrogens is 282 g/mol. The minimum Gasteiger partial charge on any atom is -0.353 e. The van der Waals surface area contributed by atoms with E-state index >= 15 is 0 Å². The Hall–Kier alpha value is -1.01. The van der Waals surface area contributed by atoms with Crippen molar-refractivity contribution in [3.63, 3.8) is 0 Å². The highest BCUT2D eigenvalue weighted by molar-refractivity contribution is 8.01. The number of anilines is 1. The van der Waals surface area contributed by atoms with Crippen LogP contribution in [0.25, 0.3) is 0 Å². The molecular formula is C13H17NO3S2. The van der Waals surface area contributed by atoms with E-state index in [9.17, 15) is 13.2 Å². The molecule has 104 valence electrons. The van der Waals surface area contributed by atoms with E-state index in [1.54, 1.807) is 17.8 Å². The number of carbonyl (C=O) groups is 1.